The molecule has 102 heavy (non-hydrogen) atoms. The van der Waals surface area contributed by atoms with Crippen LogP contribution in [0.4, 0.5) is 0 Å². The van der Waals surface area contributed by atoms with Crippen molar-refractivity contribution in [3.05, 3.63) is 134 Å². The number of esters is 2. The fourth-order valence-electron chi connectivity index (χ4n) is 12.2. The number of likely N-dealkylation sites (N-methyl/N-ethyl adjacent to an activating group) is 1. The molecule has 0 saturated heterocycles. The summed E-state index contributed by atoms with van der Waals surface area (Å²) in [5.74, 6) is -0.843. The van der Waals surface area contributed by atoms with Crippen LogP contribution in [0.3, 0.4) is 0 Å². The molecular weight excluding hydrogens is 1280 g/mol. The number of carbonyl (C=O) groups is 2. The fourth-order valence-corrected chi connectivity index (χ4v) is 12.9. The van der Waals surface area contributed by atoms with Gasteiger partial charge >= 0.3 is 11.9 Å². The molecule has 2 unspecified atom stereocenters. The number of allylic oxidation sites excluding steroid dienone is 22. The molecule has 9 nitrogen and oxygen atoms in total. The van der Waals surface area contributed by atoms with Gasteiger partial charge in [0.05, 0.1) is 27.7 Å². The van der Waals surface area contributed by atoms with Gasteiger partial charge in [0.15, 0.2) is 6.10 Å². The highest BCUT2D eigenvalue weighted by molar-refractivity contribution is 7.45. The van der Waals surface area contributed by atoms with Crippen LogP contribution in [-0.4, -0.2) is 70.0 Å². The second-order valence-electron chi connectivity index (χ2n) is 29.8. The molecule has 0 aromatic heterocycles. The maximum absolute atomic E-state index is 12.9. The van der Waals surface area contributed by atoms with Gasteiger partial charge < -0.3 is 27.9 Å². The lowest BCUT2D eigenvalue weighted by molar-refractivity contribution is -0.870. The van der Waals surface area contributed by atoms with Crippen LogP contribution in [0.25, 0.3) is 0 Å². The highest BCUT2D eigenvalue weighted by Crippen LogP contribution is 2.38. The number of unbranched alkanes of at least 4 members (excludes halogenated alkanes) is 43. The molecule has 588 valence electrons. The Morgan fingerprint density at radius 2 is 0.559 bits per heavy atom. The van der Waals surface area contributed by atoms with Gasteiger partial charge in [0.1, 0.15) is 19.8 Å². The summed E-state index contributed by atoms with van der Waals surface area (Å²) in [6.07, 6.45) is 119. The van der Waals surface area contributed by atoms with Crippen LogP contribution < -0.4 is 4.89 Å². The second kappa shape index (κ2) is 81.2. The first kappa shape index (κ1) is 98.2. The van der Waals surface area contributed by atoms with Gasteiger partial charge in [-0.2, -0.15) is 0 Å². The van der Waals surface area contributed by atoms with Crippen molar-refractivity contribution in [2.75, 3.05) is 47.5 Å². The first-order chi connectivity index (χ1) is 50.0. The van der Waals surface area contributed by atoms with E-state index in [4.69, 9.17) is 18.5 Å². The molecule has 0 aromatic rings. The third-order valence-electron chi connectivity index (χ3n) is 18.7. The average Bonchev–Trinajstić information content (AvgIpc) is 0.913. The molecule has 0 saturated carbocycles. The number of carbonyl (C=O) groups excluding carboxylic acids is 2. The molecule has 0 spiro atoms. The maximum Gasteiger partial charge on any atom is 0.306 e. The normalized spacial score (nSPS) is 13.7. The van der Waals surface area contributed by atoms with Crippen LogP contribution in [0.15, 0.2) is 134 Å². The van der Waals surface area contributed by atoms with E-state index in [0.29, 0.717) is 17.4 Å². The molecule has 10 heteroatoms. The summed E-state index contributed by atoms with van der Waals surface area (Å²) in [5, 5.41) is 0. The number of nitrogens with zero attached hydrogens (tertiary/aromatic N) is 1. The summed E-state index contributed by atoms with van der Waals surface area (Å²) in [7, 11) is 1.15. The van der Waals surface area contributed by atoms with Gasteiger partial charge in [0, 0.05) is 12.8 Å². The lowest BCUT2D eigenvalue weighted by atomic mass is 10.0. The van der Waals surface area contributed by atoms with Crippen LogP contribution in [-0.2, 0) is 32.7 Å². The smallest absolute Gasteiger partial charge is 0.306 e. The van der Waals surface area contributed by atoms with E-state index in [2.05, 4.69) is 148 Å². The predicted octanol–water partition coefficient (Wildman–Crippen LogP) is 28.4. The van der Waals surface area contributed by atoms with Crippen molar-refractivity contribution >= 4 is 19.8 Å². The molecule has 2 atom stereocenters. The Morgan fingerprint density at radius 3 is 0.843 bits per heavy atom. The van der Waals surface area contributed by atoms with E-state index >= 15 is 0 Å². The Morgan fingerprint density at radius 1 is 0.314 bits per heavy atom. The maximum atomic E-state index is 12.9. The van der Waals surface area contributed by atoms with E-state index in [-0.39, 0.29) is 32.0 Å². The number of rotatable bonds is 79. The Kier molecular flexibility index (Phi) is 78.2. The van der Waals surface area contributed by atoms with Crippen molar-refractivity contribution in [3.8, 4) is 0 Å². The van der Waals surface area contributed by atoms with E-state index in [9.17, 15) is 19.0 Å². The van der Waals surface area contributed by atoms with E-state index < -0.39 is 26.5 Å². The summed E-state index contributed by atoms with van der Waals surface area (Å²) in [6.45, 7) is 4.14. The molecule has 0 rings (SSSR count). The molecule has 0 bridgehead atoms. The molecule has 0 fully saturated rings. The van der Waals surface area contributed by atoms with Gasteiger partial charge in [-0.1, -0.05) is 392 Å². The van der Waals surface area contributed by atoms with Crippen molar-refractivity contribution in [3.63, 3.8) is 0 Å². The van der Waals surface area contributed by atoms with Crippen molar-refractivity contribution in [2.24, 2.45) is 0 Å². The number of hydrogen-bond donors (Lipinski definition) is 0. The Hall–Kier alpha value is -3.85. The highest BCUT2D eigenvalue weighted by Gasteiger charge is 2.22. The lowest BCUT2D eigenvalue weighted by Crippen LogP contribution is -2.37. The second-order valence-corrected chi connectivity index (χ2v) is 31.2. The van der Waals surface area contributed by atoms with Gasteiger partial charge in [-0.15, -0.1) is 0 Å². The number of hydrogen-bond acceptors (Lipinski definition) is 8. The zero-order chi connectivity index (χ0) is 74.0. The van der Waals surface area contributed by atoms with Crippen molar-refractivity contribution < 1.29 is 42.1 Å². The number of ether oxygens (including phenoxy) is 2. The largest absolute Gasteiger partial charge is 0.756 e. The minimum atomic E-state index is -4.66. The van der Waals surface area contributed by atoms with Gasteiger partial charge in [-0.25, -0.2) is 0 Å². The average molecular weight is 1440 g/mol. The molecule has 0 heterocycles. The number of phosphoric acid groups is 1. The molecule has 0 radical (unpaired) electrons. The van der Waals surface area contributed by atoms with Crippen LogP contribution in [0.2, 0.25) is 0 Å². The number of phosphoric ester groups is 1. The summed E-state index contributed by atoms with van der Waals surface area (Å²) in [4.78, 5) is 38.2. The molecule has 0 aromatic carbocycles. The third-order valence-corrected chi connectivity index (χ3v) is 19.6. The molecule has 0 aliphatic heterocycles. The van der Waals surface area contributed by atoms with Crippen LogP contribution in [0.1, 0.15) is 386 Å². The van der Waals surface area contributed by atoms with Crippen LogP contribution in [0, 0.1) is 0 Å². The van der Waals surface area contributed by atoms with Gasteiger partial charge in [-0.05, 0) is 116 Å². The summed E-state index contributed by atoms with van der Waals surface area (Å²) in [6, 6.07) is 0. The van der Waals surface area contributed by atoms with Crippen LogP contribution >= 0.6 is 7.82 Å². The predicted molar refractivity (Wildman–Crippen MR) is 443 cm³/mol. The minimum absolute atomic E-state index is 0.0386. The van der Waals surface area contributed by atoms with Crippen molar-refractivity contribution in [1.29, 1.82) is 0 Å². The standard InChI is InChI=1S/C92H162NO8P/c1-6-8-10-12-14-16-18-20-22-24-26-28-30-32-34-36-38-40-42-44-45-46-47-49-50-52-54-56-58-60-62-64-66-68-70-72-74-76-78-80-82-84-91(94)98-88-90(89-100-102(96,97)99-87-86-93(3,4)5)101-92(95)85-83-81-79-77-75-73-71-69-67-65-63-61-59-57-55-53-51-48-43-41-39-37-35-33-31-29-27-25-23-21-19-17-15-13-11-9-7-2/h9,11,15,17,21,23-24,26-27,29,33,35,39,41,48,51,55,57,61,63,67,69,90H,6-8,10,12-14,16,18-20,22,25,28,30-32,34,36-38,40,42-47,49-50,52-54,56,58-60,62,64-66,68,70-89H2,1-5H3/b11-9-,17-15-,23-21-,26-24-,29-27-,35-33-,41-39-,51-48-,57-55-,63-61-,69-67-. The van der Waals surface area contributed by atoms with E-state index in [0.717, 1.165) is 122 Å². The van der Waals surface area contributed by atoms with Crippen molar-refractivity contribution in [2.45, 2.75) is 392 Å². The molecule has 0 amide bonds. The Balaban J connectivity index is 3.97. The van der Waals surface area contributed by atoms with Gasteiger partial charge in [0.2, 0.25) is 0 Å². The lowest BCUT2D eigenvalue weighted by Gasteiger charge is -2.28. The highest BCUT2D eigenvalue weighted by atomic mass is 31.2. The Bertz CT molecular complexity index is 2190. The van der Waals surface area contributed by atoms with E-state index in [1.54, 1.807) is 0 Å². The SMILES string of the molecule is CC/C=C\C/C=C\C/C=C\C/C=C\C/C=C\C/C=C\C/C=C\C/C=C\C/C=C\C/C=C\CCCCCCCCC(=O)OC(COC(=O)CCCCCCCCCCCCCCCCCCCCCCCCCCCCCCC/C=C\CCCCCCCCCC)COP(=O)([O-])OCC[N+](C)(C)C. The van der Waals surface area contributed by atoms with E-state index in [1.807, 2.05) is 21.1 Å². The van der Waals surface area contributed by atoms with Gasteiger partial charge in [-0.3, -0.25) is 14.2 Å². The molecule has 0 aliphatic carbocycles. The Labute approximate surface area is 631 Å². The topological polar surface area (TPSA) is 111 Å². The van der Waals surface area contributed by atoms with Gasteiger partial charge in [0.25, 0.3) is 7.82 Å². The quantitative estimate of drug-likeness (QED) is 0.0195. The van der Waals surface area contributed by atoms with E-state index in [1.165, 1.54) is 231 Å². The van der Waals surface area contributed by atoms with Crippen LogP contribution in [0.5, 0.6) is 0 Å². The monoisotopic (exact) mass is 1440 g/mol. The minimum Gasteiger partial charge on any atom is -0.756 e. The fraction of sp³-hybridized carbons (Fsp3) is 0.739. The third kappa shape index (κ3) is 85.1. The first-order valence-electron chi connectivity index (χ1n) is 42.9. The van der Waals surface area contributed by atoms with Crippen molar-refractivity contribution in [1.82, 2.24) is 0 Å². The zero-order valence-corrected chi connectivity index (χ0v) is 68.2. The molecule has 0 aliphatic rings. The number of quaternary nitrogens is 1. The zero-order valence-electron chi connectivity index (χ0n) is 67.3. The summed E-state index contributed by atoms with van der Waals surface area (Å²) in [5.41, 5.74) is 0. The summed E-state index contributed by atoms with van der Waals surface area (Å²) >= 11 is 0. The molecular formula is C92H162NO8P. The first-order valence-corrected chi connectivity index (χ1v) is 44.4. The summed E-state index contributed by atoms with van der Waals surface area (Å²) < 4.78 is 34.4. The molecule has 0 N–H and O–H groups in total.